The Kier molecular flexibility index (Phi) is 3.85. The van der Waals surface area contributed by atoms with Gasteiger partial charge in [-0.2, -0.15) is 0 Å². The van der Waals surface area contributed by atoms with E-state index in [1.807, 2.05) is 0 Å². The van der Waals surface area contributed by atoms with Crippen molar-refractivity contribution < 1.29 is 10.0 Å². The van der Waals surface area contributed by atoms with Crippen molar-refractivity contribution >= 4 is 13.4 Å². The van der Waals surface area contributed by atoms with Gasteiger partial charge in [0.2, 0.25) is 0 Å². The second-order valence-electron chi connectivity index (χ2n) is 4.32. The van der Waals surface area contributed by atoms with E-state index in [9.17, 15) is 0 Å². The van der Waals surface area contributed by atoms with Crippen LogP contribution < -0.4 is 4.90 Å². The van der Waals surface area contributed by atoms with Crippen LogP contribution in [0.3, 0.4) is 0 Å². The maximum atomic E-state index is 7.00. The van der Waals surface area contributed by atoms with Gasteiger partial charge in [-0.05, 0) is 37.8 Å². The number of hydrogen-bond donors (Lipinski definition) is 2. The molecule has 2 aliphatic rings. The third-order valence-electron chi connectivity index (χ3n) is 2.93. The molecule has 3 nitrogen and oxygen atoms in total. The Hall–Kier alpha value is -0.995. The Labute approximate surface area is 97.0 Å². The summed E-state index contributed by atoms with van der Waals surface area (Å²) in [5.74, 6) is 0. The van der Waals surface area contributed by atoms with E-state index < -0.39 is 0 Å². The first-order valence-electron chi connectivity index (χ1n) is 5.80. The smallest absolute Gasteiger partial charge is 0.429 e. The van der Waals surface area contributed by atoms with E-state index in [1.165, 1.54) is 31.4 Å². The molecule has 0 amide bonds. The van der Waals surface area contributed by atoms with E-state index in [2.05, 4.69) is 35.2 Å². The van der Waals surface area contributed by atoms with Crippen LogP contribution in [0.25, 0.3) is 0 Å². The van der Waals surface area contributed by atoms with Crippen LogP contribution in [-0.2, 0) is 0 Å². The van der Waals surface area contributed by atoms with Gasteiger partial charge in [0.05, 0.1) is 0 Å². The average molecular weight is 218 g/mol. The summed E-state index contributed by atoms with van der Waals surface area (Å²) in [6.45, 7) is 0. The molecule has 0 aromatic heterocycles. The lowest BCUT2D eigenvalue weighted by molar-refractivity contribution is 0.448. The molecule has 2 saturated carbocycles. The largest absolute Gasteiger partial charge is 0.482 e. The summed E-state index contributed by atoms with van der Waals surface area (Å²) in [6.07, 6.45) is 5.63. The average Bonchev–Trinajstić information content (AvgIpc) is 3.15. The zero-order valence-corrected chi connectivity index (χ0v) is 9.29. The summed E-state index contributed by atoms with van der Waals surface area (Å²) in [4.78, 5) is 2.64. The van der Waals surface area contributed by atoms with Gasteiger partial charge in [-0.15, -0.1) is 0 Å². The van der Waals surface area contributed by atoms with Crippen molar-refractivity contribution in [1.82, 2.24) is 0 Å². The van der Waals surface area contributed by atoms with Gasteiger partial charge in [0.25, 0.3) is 0 Å². The molecule has 2 N–H and O–H groups in total. The summed E-state index contributed by atoms with van der Waals surface area (Å²) >= 11 is 0. The van der Waals surface area contributed by atoms with Crippen molar-refractivity contribution in [3.05, 3.63) is 30.3 Å². The van der Waals surface area contributed by atoms with Crippen molar-refractivity contribution in [1.29, 1.82) is 0 Å². The van der Waals surface area contributed by atoms with Crippen LogP contribution in [0.15, 0.2) is 30.3 Å². The molecular formula is C12H17BNO2. The first-order chi connectivity index (χ1) is 7.86. The van der Waals surface area contributed by atoms with Crippen LogP contribution in [0.1, 0.15) is 25.7 Å². The molecule has 2 aliphatic carbocycles. The lowest BCUT2D eigenvalue weighted by Crippen LogP contribution is -2.27. The summed E-state index contributed by atoms with van der Waals surface area (Å²) in [7, 11) is 0. The molecule has 0 bridgehead atoms. The third kappa shape index (κ3) is 3.00. The SMILES string of the molecule is O[B]O.c1ccc(N(C2CC2)C2CC2)cc1. The fraction of sp³-hybridized carbons (Fsp3) is 0.500. The highest BCUT2D eigenvalue weighted by atomic mass is 16.4. The van der Waals surface area contributed by atoms with Gasteiger partial charge >= 0.3 is 7.69 Å². The summed E-state index contributed by atoms with van der Waals surface area (Å²) in [5, 5.41) is 14.0. The molecule has 1 aromatic carbocycles. The fourth-order valence-corrected chi connectivity index (χ4v) is 2.03. The van der Waals surface area contributed by atoms with Gasteiger partial charge in [0.15, 0.2) is 0 Å². The normalized spacial score (nSPS) is 18.4. The molecule has 16 heavy (non-hydrogen) atoms. The minimum Gasteiger partial charge on any atom is -0.429 e. The van der Waals surface area contributed by atoms with Gasteiger partial charge < -0.3 is 14.9 Å². The van der Waals surface area contributed by atoms with E-state index in [-0.39, 0.29) is 7.69 Å². The predicted molar refractivity (Wildman–Crippen MR) is 65.2 cm³/mol. The second kappa shape index (κ2) is 5.37. The highest BCUT2D eigenvalue weighted by molar-refractivity contribution is 6.13. The molecule has 0 heterocycles. The summed E-state index contributed by atoms with van der Waals surface area (Å²) in [6, 6.07) is 12.6. The van der Waals surface area contributed by atoms with Crippen molar-refractivity contribution in [2.24, 2.45) is 0 Å². The van der Waals surface area contributed by atoms with Crippen molar-refractivity contribution in [2.45, 2.75) is 37.8 Å². The van der Waals surface area contributed by atoms with E-state index in [0.717, 1.165) is 12.1 Å². The van der Waals surface area contributed by atoms with Crippen molar-refractivity contribution in [2.75, 3.05) is 4.90 Å². The topological polar surface area (TPSA) is 43.7 Å². The maximum Gasteiger partial charge on any atom is 0.482 e. The van der Waals surface area contributed by atoms with Gasteiger partial charge in [-0.3, -0.25) is 0 Å². The second-order valence-corrected chi connectivity index (χ2v) is 4.32. The van der Waals surface area contributed by atoms with Crippen LogP contribution in [0.2, 0.25) is 0 Å². The van der Waals surface area contributed by atoms with Crippen LogP contribution in [0, 0.1) is 0 Å². The van der Waals surface area contributed by atoms with Gasteiger partial charge in [0, 0.05) is 17.8 Å². The molecule has 0 unspecified atom stereocenters. The van der Waals surface area contributed by atoms with E-state index in [1.54, 1.807) is 0 Å². The van der Waals surface area contributed by atoms with Crippen LogP contribution in [-0.4, -0.2) is 29.8 Å². The number of benzene rings is 1. The zero-order chi connectivity index (χ0) is 11.4. The maximum absolute atomic E-state index is 7.00. The molecule has 0 saturated heterocycles. The highest BCUT2D eigenvalue weighted by Crippen LogP contribution is 2.40. The Morgan fingerprint density at radius 3 is 1.75 bits per heavy atom. The molecular weight excluding hydrogens is 201 g/mol. The lowest BCUT2D eigenvalue weighted by atomic mass is 10.3. The lowest BCUT2D eigenvalue weighted by Gasteiger charge is -2.24. The minimum absolute atomic E-state index is 0. The molecule has 1 radical (unpaired) electrons. The van der Waals surface area contributed by atoms with E-state index in [0.29, 0.717) is 0 Å². The molecule has 1 aromatic rings. The molecule has 4 heteroatoms. The first kappa shape index (κ1) is 11.5. The Morgan fingerprint density at radius 2 is 1.38 bits per heavy atom. The third-order valence-corrected chi connectivity index (χ3v) is 2.93. The number of nitrogens with zero attached hydrogens (tertiary/aromatic N) is 1. The summed E-state index contributed by atoms with van der Waals surface area (Å²) < 4.78 is 0. The molecule has 0 atom stereocenters. The Morgan fingerprint density at radius 1 is 0.938 bits per heavy atom. The monoisotopic (exact) mass is 218 g/mol. The van der Waals surface area contributed by atoms with Crippen LogP contribution >= 0.6 is 0 Å². The van der Waals surface area contributed by atoms with Gasteiger partial charge in [0.1, 0.15) is 0 Å². The standard InChI is InChI=1S/C12H15N.BH2O2/c1-2-4-10(5-3-1)13(11-6-7-11)12-8-9-12;2-1-3/h1-5,11-12H,6-9H2;2-3H. The van der Waals surface area contributed by atoms with Crippen molar-refractivity contribution in [3.63, 3.8) is 0 Å². The number of anilines is 1. The molecule has 2 fully saturated rings. The molecule has 0 spiro atoms. The van der Waals surface area contributed by atoms with E-state index in [4.69, 9.17) is 10.0 Å². The number of rotatable bonds is 3. The van der Waals surface area contributed by atoms with Gasteiger partial charge in [-0.25, -0.2) is 0 Å². The quantitative estimate of drug-likeness (QED) is 0.752. The van der Waals surface area contributed by atoms with Crippen LogP contribution in [0.4, 0.5) is 5.69 Å². The highest BCUT2D eigenvalue weighted by Gasteiger charge is 2.38. The number of para-hydroxylation sites is 1. The molecule has 0 aliphatic heterocycles. The van der Waals surface area contributed by atoms with Crippen LogP contribution in [0.5, 0.6) is 0 Å². The number of hydrogen-bond acceptors (Lipinski definition) is 3. The van der Waals surface area contributed by atoms with Crippen molar-refractivity contribution in [3.8, 4) is 0 Å². The van der Waals surface area contributed by atoms with Gasteiger partial charge in [-0.1, -0.05) is 18.2 Å². The first-order valence-corrected chi connectivity index (χ1v) is 5.80. The molecule has 85 valence electrons. The molecule has 3 rings (SSSR count). The zero-order valence-electron chi connectivity index (χ0n) is 9.29. The fourth-order valence-electron chi connectivity index (χ4n) is 2.03. The summed E-state index contributed by atoms with van der Waals surface area (Å²) in [5.41, 5.74) is 1.44. The predicted octanol–water partition coefficient (Wildman–Crippen LogP) is 1.32. The minimum atomic E-state index is 0. The Balaban J connectivity index is 0.000000292. The Bertz CT molecular complexity index is 300. The van der Waals surface area contributed by atoms with E-state index >= 15 is 0 Å².